The van der Waals surface area contributed by atoms with Crippen LogP contribution in [0.25, 0.3) is 0 Å². The smallest absolute Gasteiger partial charge is 0.348 e. The molecule has 172 valence electrons. The van der Waals surface area contributed by atoms with Gasteiger partial charge in [-0.15, -0.1) is 0 Å². The third-order valence-electron chi connectivity index (χ3n) is 5.78. The van der Waals surface area contributed by atoms with E-state index in [9.17, 15) is 23.5 Å². The van der Waals surface area contributed by atoms with Crippen LogP contribution in [0.4, 0.5) is 0 Å². The lowest BCUT2D eigenvalue weighted by Gasteiger charge is -2.41. The molecular weight excluding hydrogens is 455 g/mol. The Morgan fingerprint density at radius 2 is 1.77 bits per heavy atom. The molecule has 0 aromatic carbocycles. The van der Waals surface area contributed by atoms with E-state index in [4.69, 9.17) is 9.42 Å². The van der Waals surface area contributed by atoms with Gasteiger partial charge >= 0.3 is 23.2 Å². The van der Waals surface area contributed by atoms with Gasteiger partial charge in [-0.25, -0.2) is 13.4 Å². The Labute approximate surface area is 177 Å². The fourth-order valence-electron chi connectivity index (χ4n) is 3.97. The molecule has 1 saturated carbocycles. The van der Waals surface area contributed by atoms with Crippen LogP contribution in [-0.2, 0) is 26.8 Å². The minimum atomic E-state index is -5.27. The maximum Gasteiger partial charge on any atom is 0.488 e. The molecule has 3 N–H and O–H groups in total. The average molecular weight is 485 g/mol. The molecule has 0 saturated heterocycles. The quantitative estimate of drug-likeness (QED) is 0.424. The predicted molar refractivity (Wildman–Crippen MR) is 112 cm³/mol. The largest absolute Gasteiger partial charge is 0.488 e. The molecular formula is C17H30NO9P3. The summed E-state index contributed by atoms with van der Waals surface area (Å²) in [6.07, 6.45) is 5.16. The van der Waals surface area contributed by atoms with E-state index in [1.54, 1.807) is 0 Å². The molecule has 0 amide bonds. The van der Waals surface area contributed by atoms with Crippen molar-refractivity contribution in [3.63, 3.8) is 0 Å². The Balaban J connectivity index is 2.07. The monoisotopic (exact) mass is 485 g/mol. The van der Waals surface area contributed by atoms with Gasteiger partial charge in [-0.1, -0.05) is 33.9 Å². The zero-order valence-corrected chi connectivity index (χ0v) is 20.2. The highest BCUT2D eigenvalue weighted by Gasteiger charge is 2.50. The second-order valence-corrected chi connectivity index (χ2v) is 13.5. The number of phosphoric acid groups is 2. The molecule has 0 spiro atoms. The Morgan fingerprint density at radius 1 is 1.17 bits per heavy atom. The van der Waals surface area contributed by atoms with Crippen LogP contribution < -0.4 is 0 Å². The van der Waals surface area contributed by atoms with Gasteiger partial charge in [0.25, 0.3) is 0 Å². The fraction of sp³-hybridized carbons (Fsp3) is 0.647. The van der Waals surface area contributed by atoms with E-state index < -0.39 is 23.2 Å². The van der Waals surface area contributed by atoms with Gasteiger partial charge in [-0.05, 0) is 35.3 Å². The molecule has 0 radical (unpaired) electrons. The van der Waals surface area contributed by atoms with E-state index in [0.717, 1.165) is 11.3 Å². The highest BCUT2D eigenvalue weighted by atomic mass is 31.3. The lowest BCUT2D eigenvalue weighted by Crippen LogP contribution is -2.40. The van der Waals surface area contributed by atoms with Crippen LogP contribution in [-0.4, -0.2) is 38.9 Å². The van der Waals surface area contributed by atoms with Crippen LogP contribution in [0.3, 0.4) is 0 Å². The van der Waals surface area contributed by atoms with Gasteiger partial charge in [-0.3, -0.25) is 9.09 Å². The van der Waals surface area contributed by atoms with E-state index in [-0.39, 0.29) is 29.9 Å². The molecule has 30 heavy (non-hydrogen) atoms. The Bertz CT molecular complexity index is 878. The number of nitrogens with zero attached hydrogens (tertiary/aromatic N) is 1. The molecule has 0 aromatic heterocycles. The molecule has 6 unspecified atom stereocenters. The van der Waals surface area contributed by atoms with E-state index in [2.05, 4.69) is 40.5 Å². The summed E-state index contributed by atoms with van der Waals surface area (Å²) in [6, 6.07) is 0.0598. The van der Waals surface area contributed by atoms with Crippen LogP contribution >= 0.6 is 23.2 Å². The molecule has 2 rings (SSSR count). The number of phosphoric ester groups is 1. The molecule has 1 aliphatic heterocycles. The summed E-state index contributed by atoms with van der Waals surface area (Å²) in [5.74, 6) is -0.0890. The maximum atomic E-state index is 12.1. The summed E-state index contributed by atoms with van der Waals surface area (Å²) in [5.41, 5.74) is 1.69. The molecule has 6 atom stereocenters. The summed E-state index contributed by atoms with van der Waals surface area (Å²) in [5, 5.41) is 0. The lowest BCUT2D eigenvalue weighted by atomic mass is 9.77. The normalized spacial score (nSPS) is 32.5. The molecule has 1 fully saturated rings. The minimum Gasteiger partial charge on any atom is -0.348 e. The number of allylic oxidation sites excluding steroid dienone is 2. The first-order chi connectivity index (χ1) is 13.4. The summed E-state index contributed by atoms with van der Waals surface area (Å²) in [7, 11) is -14.7. The fourth-order valence-corrected chi connectivity index (χ4v) is 7.50. The predicted octanol–water partition coefficient (Wildman–Crippen LogP) is 4.39. The number of hydrogen-bond donors (Lipinski definition) is 3. The van der Waals surface area contributed by atoms with Gasteiger partial charge in [0.15, 0.2) is 0 Å². The van der Waals surface area contributed by atoms with Crippen molar-refractivity contribution in [2.45, 2.75) is 39.7 Å². The number of rotatable bonds is 8. The highest BCUT2D eigenvalue weighted by molar-refractivity contribution is 7.68. The van der Waals surface area contributed by atoms with Gasteiger partial charge in [0, 0.05) is 31.0 Å². The lowest BCUT2D eigenvalue weighted by molar-refractivity contribution is 0.121. The van der Waals surface area contributed by atoms with Gasteiger partial charge in [-0.2, -0.15) is 4.31 Å². The van der Waals surface area contributed by atoms with Crippen molar-refractivity contribution in [1.82, 2.24) is 4.90 Å². The van der Waals surface area contributed by atoms with Crippen molar-refractivity contribution in [2.75, 3.05) is 13.3 Å². The van der Waals surface area contributed by atoms with Gasteiger partial charge in [0.1, 0.15) is 0 Å². The Kier molecular flexibility index (Phi) is 7.53. The van der Waals surface area contributed by atoms with Crippen LogP contribution in [0, 0.1) is 17.3 Å². The van der Waals surface area contributed by atoms with Crippen molar-refractivity contribution >= 4 is 23.2 Å². The van der Waals surface area contributed by atoms with Gasteiger partial charge in [0.2, 0.25) is 0 Å². The summed E-state index contributed by atoms with van der Waals surface area (Å²) >= 11 is 0. The van der Waals surface area contributed by atoms with E-state index in [1.165, 1.54) is 0 Å². The molecule has 0 aromatic rings. The first-order valence-corrected chi connectivity index (χ1v) is 14.3. The third kappa shape index (κ3) is 6.49. The van der Waals surface area contributed by atoms with E-state index in [1.807, 2.05) is 19.2 Å². The van der Waals surface area contributed by atoms with Gasteiger partial charge in [0.05, 0.1) is 6.61 Å². The van der Waals surface area contributed by atoms with Crippen LogP contribution in [0.1, 0.15) is 33.6 Å². The zero-order chi connectivity index (χ0) is 23.1. The maximum absolute atomic E-state index is 12.1. The SMILES string of the molecule is C=C1C=CN(C2CC(COP(=O)(O)OP(=O)(O)OP(C)(=O)O)C(C)C2(C)C)C(=C)C1. The Morgan fingerprint density at radius 3 is 2.30 bits per heavy atom. The minimum absolute atomic E-state index is 0.0598. The molecule has 1 aliphatic carbocycles. The van der Waals surface area contributed by atoms with Gasteiger partial charge < -0.3 is 19.6 Å². The average Bonchev–Trinajstić information content (AvgIpc) is 2.73. The van der Waals surface area contributed by atoms with Crippen molar-refractivity contribution in [2.24, 2.45) is 17.3 Å². The standard InChI is InChI=1S/C17H30NO9P3/c1-12-7-8-18(13(2)9-12)16-10-15(14(3)17(16,4)5)11-25-29(21,22)27-30(23,24)26-28(6,19)20/h7-8,14-16H,1-2,9-11H2,3-6H3,(H,19,20)(H,21,22)(H,23,24). The van der Waals surface area contributed by atoms with Crippen LogP contribution in [0.15, 0.2) is 36.7 Å². The van der Waals surface area contributed by atoms with E-state index >= 15 is 0 Å². The van der Waals surface area contributed by atoms with Crippen LogP contribution in [0.5, 0.6) is 0 Å². The molecule has 1 heterocycles. The molecule has 2 aliphatic rings. The molecule has 0 bridgehead atoms. The first-order valence-electron chi connectivity index (χ1n) is 9.29. The summed E-state index contributed by atoms with van der Waals surface area (Å²) < 4.78 is 47.9. The second kappa shape index (κ2) is 8.78. The zero-order valence-electron chi connectivity index (χ0n) is 17.5. The Hall–Kier alpha value is -0.530. The first kappa shape index (κ1) is 25.7. The second-order valence-electron chi connectivity index (χ2n) is 8.45. The van der Waals surface area contributed by atoms with Crippen molar-refractivity contribution < 1.29 is 41.5 Å². The summed E-state index contributed by atoms with van der Waals surface area (Å²) in [6.45, 7) is 14.7. The van der Waals surface area contributed by atoms with Crippen molar-refractivity contribution in [3.05, 3.63) is 36.7 Å². The highest BCUT2D eigenvalue weighted by Crippen LogP contribution is 2.66. The topological polar surface area (TPSA) is 143 Å². The number of hydrogen-bond acceptors (Lipinski definition) is 7. The molecule has 10 nitrogen and oxygen atoms in total. The third-order valence-corrected chi connectivity index (χ3v) is 9.94. The van der Waals surface area contributed by atoms with Crippen LogP contribution in [0.2, 0.25) is 0 Å². The van der Waals surface area contributed by atoms with Crippen molar-refractivity contribution in [1.29, 1.82) is 0 Å². The van der Waals surface area contributed by atoms with Crippen molar-refractivity contribution in [3.8, 4) is 0 Å². The summed E-state index contributed by atoms with van der Waals surface area (Å²) in [4.78, 5) is 30.3. The van der Waals surface area contributed by atoms with E-state index in [0.29, 0.717) is 19.5 Å². The molecule has 13 heteroatoms.